The molecule has 0 spiro atoms. The molecule has 3 aromatic rings. The maximum absolute atomic E-state index is 12.2. The van der Waals surface area contributed by atoms with Crippen LogP contribution < -0.4 is 22.1 Å². The van der Waals surface area contributed by atoms with Crippen molar-refractivity contribution in [2.45, 2.75) is 25.4 Å². The maximum Gasteiger partial charge on any atom is 0.251 e. The highest BCUT2D eigenvalue weighted by Gasteiger charge is 2.23. The van der Waals surface area contributed by atoms with Crippen molar-refractivity contribution < 1.29 is 4.79 Å². The molecule has 0 saturated heterocycles. The van der Waals surface area contributed by atoms with Crippen molar-refractivity contribution in [3.63, 3.8) is 0 Å². The summed E-state index contributed by atoms with van der Waals surface area (Å²) in [5.74, 6) is 0.850. The molecule has 1 saturated carbocycles. The molecule has 2 aromatic heterocycles. The Morgan fingerprint density at radius 2 is 2.00 bits per heavy atom. The topological polar surface area (TPSA) is 123 Å². The molecule has 1 aromatic carbocycles. The Morgan fingerprint density at radius 1 is 1.22 bits per heavy atom. The maximum atomic E-state index is 12.2. The normalized spacial score (nSPS) is 13.3. The number of aromatic nitrogens is 2. The minimum Gasteiger partial charge on any atom is -0.370 e. The van der Waals surface area contributed by atoms with E-state index in [9.17, 15) is 4.79 Å². The van der Waals surface area contributed by atoms with Crippen LogP contribution in [0, 0.1) is 0 Å². The molecule has 8 heteroatoms. The van der Waals surface area contributed by atoms with E-state index in [0.717, 1.165) is 29.9 Å². The number of carbonyl (C=O) groups excluding carboxylic acids is 1. The van der Waals surface area contributed by atoms with Gasteiger partial charge in [-0.25, -0.2) is 9.98 Å². The number of imidazole rings is 1. The van der Waals surface area contributed by atoms with Crippen LogP contribution in [0.15, 0.2) is 53.8 Å². The monoisotopic (exact) mass is 363 g/mol. The van der Waals surface area contributed by atoms with Gasteiger partial charge in [-0.3, -0.25) is 9.20 Å². The second-order valence-corrected chi connectivity index (χ2v) is 6.59. The van der Waals surface area contributed by atoms with E-state index in [2.05, 4.69) is 20.6 Å². The van der Waals surface area contributed by atoms with Crippen LogP contribution in [0.25, 0.3) is 5.65 Å². The van der Waals surface area contributed by atoms with E-state index in [-0.39, 0.29) is 11.9 Å². The van der Waals surface area contributed by atoms with Crippen LogP contribution in [0.2, 0.25) is 0 Å². The van der Waals surface area contributed by atoms with Crippen LogP contribution in [-0.2, 0) is 6.54 Å². The Kier molecular flexibility index (Phi) is 4.37. The van der Waals surface area contributed by atoms with E-state index < -0.39 is 0 Å². The lowest BCUT2D eigenvalue weighted by atomic mass is 10.2. The molecule has 0 atom stereocenters. The van der Waals surface area contributed by atoms with Gasteiger partial charge in [-0.05, 0) is 42.7 Å². The molecule has 0 bridgehead atoms. The number of benzene rings is 1. The van der Waals surface area contributed by atoms with Gasteiger partial charge in [0.1, 0.15) is 11.5 Å². The Balaban J connectivity index is 1.44. The lowest BCUT2D eigenvalue weighted by Crippen LogP contribution is -2.25. The van der Waals surface area contributed by atoms with Gasteiger partial charge >= 0.3 is 0 Å². The Bertz CT molecular complexity index is 999. The van der Waals surface area contributed by atoms with Crippen molar-refractivity contribution in [2.75, 3.05) is 5.32 Å². The first kappa shape index (κ1) is 16.9. The van der Waals surface area contributed by atoms with Gasteiger partial charge in [0.15, 0.2) is 5.96 Å². The van der Waals surface area contributed by atoms with Gasteiger partial charge in [-0.1, -0.05) is 12.1 Å². The SMILES string of the molecule is NC(N)=Nc1ccc(CNc2cnc3cc(C(=O)NC4CC4)ccn23)cc1. The molecule has 1 aliphatic rings. The average molecular weight is 363 g/mol. The molecular weight excluding hydrogens is 342 g/mol. The lowest BCUT2D eigenvalue weighted by Gasteiger charge is -2.08. The van der Waals surface area contributed by atoms with Gasteiger partial charge in [0.05, 0.1) is 11.9 Å². The highest BCUT2D eigenvalue weighted by atomic mass is 16.1. The Morgan fingerprint density at radius 3 is 2.70 bits per heavy atom. The molecule has 27 heavy (non-hydrogen) atoms. The van der Waals surface area contributed by atoms with Crippen molar-refractivity contribution in [3.05, 3.63) is 59.9 Å². The van der Waals surface area contributed by atoms with Crippen molar-refractivity contribution in [2.24, 2.45) is 16.5 Å². The summed E-state index contributed by atoms with van der Waals surface area (Å²) in [7, 11) is 0. The number of fused-ring (bicyclic) bond motifs is 1. The van der Waals surface area contributed by atoms with Gasteiger partial charge in [-0.2, -0.15) is 0 Å². The van der Waals surface area contributed by atoms with Crippen LogP contribution in [-0.4, -0.2) is 27.3 Å². The highest BCUT2D eigenvalue weighted by Crippen LogP contribution is 2.20. The quantitative estimate of drug-likeness (QED) is 0.392. The molecule has 6 N–H and O–H groups in total. The number of nitrogens with one attached hydrogen (secondary N) is 2. The number of pyridine rings is 1. The van der Waals surface area contributed by atoms with E-state index in [4.69, 9.17) is 11.5 Å². The minimum atomic E-state index is -0.0432. The van der Waals surface area contributed by atoms with Gasteiger partial charge in [-0.15, -0.1) is 0 Å². The van der Waals surface area contributed by atoms with Gasteiger partial charge in [0.25, 0.3) is 5.91 Å². The third-order valence-electron chi connectivity index (χ3n) is 4.36. The molecule has 8 nitrogen and oxygen atoms in total. The fourth-order valence-electron chi connectivity index (χ4n) is 2.78. The predicted molar refractivity (Wildman–Crippen MR) is 105 cm³/mol. The van der Waals surface area contributed by atoms with Gasteiger partial charge in [0, 0.05) is 24.3 Å². The summed E-state index contributed by atoms with van der Waals surface area (Å²) in [5.41, 5.74) is 13.9. The Hall–Kier alpha value is -3.55. The zero-order valence-corrected chi connectivity index (χ0v) is 14.7. The van der Waals surface area contributed by atoms with Crippen molar-refractivity contribution in [3.8, 4) is 0 Å². The molecular formula is C19H21N7O. The molecule has 138 valence electrons. The number of anilines is 1. The van der Waals surface area contributed by atoms with E-state index in [1.165, 1.54) is 0 Å². The van der Waals surface area contributed by atoms with E-state index in [1.54, 1.807) is 12.3 Å². The lowest BCUT2D eigenvalue weighted by molar-refractivity contribution is 0.0951. The third kappa shape index (κ3) is 4.00. The van der Waals surface area contributed by atoms with E-state index >= 15 is 0 Å². The van der Waals surface area contributed by atoms with Crippen molar-refractivity contribution in [1.82, 2.24) is 14.7 Å². The summed E-state index contributed by atoms with van der Waals surface area (Å²) in [6, 6.07) is 11.6. The number of nitrogens with two attached hydrogens (primary N) is 2. The molecule has 0 aliphatic heterocycles. The molecule has 0 radical (unpaired) electrons. The summed E-state index contributed by atoms with van der Waals surface area (Å²) < 4.78 is 1.92. The fraction of sp³-hybridized carbons (Fsp3) is 0.211. The van der Waals surface area contributed by atoms with Gasteiger partial charge < -0.3 is 22.1 Å². The van der Waals surface area contributed by atoms with Crippen LogP contribution in [0.3, 0.4) is 0 Å². The molecule has 0 unspecified atom stereocenters. The number of nitrogens with zero attached hydrogens (tertiary/aromatic N) is 3. The highest BCUT2D eigenvalue weighted by molar-refractivity contribution is 5.95. The minimum absolute atomic E-state index is 0.0387. The second kappa shape index (κ2) is 6.99. The van der Waals surface area contributed by atoms with E-state index in [0.29, 0.717) is 23.8 Å². The summed E-state index contributed by atoms with van der Waals surface area (Å²) in [6.45, 7) is 0.625. The van der Waals surface area contributed by atoms with Crippen LogP contribution in [0.5, 0.6) is 0 Å². The number of aliphatic imine (C=N–C) groups is 1. The molecule has 2 heterocycles. The largest absolute Gasteiger partial charge is 0.370 e. The van der Waals surface area contributed by atoms with Crippen LogP contribution in [0.1, 0.15) is 28.8 Å². The van der Waals surface area contributed by atoms with E-state index in [1.807, 2.05) is 40.9 Å². The first-order valence-electron chi connectivity index (χ1n) is 8.79. The summed E-state index contributed by atoms with van der Waals surface area (Å²) in [6.07, 6.45) is 5.75. The zero-order chi connectivity index (χ0) is 18.8. The molecule has 1 amide bonds. The molecule has 4 rings (SSSR count). The van der Waals surface area contributed by atoms with Crippen LogP contribution in [0.4, 0.5) is 11.5 Å². The first-order chi connectivity index (χ1) is 13.1. The number of hydrogen-bond acceptors (Lipinski definition) is 4. The first-order valence-corrected chi connectivity index (χ1v) is 8.79. The van der Waals surface area contributed by atoms with Crippen molar-refractivity contribution in [1.29, 1.82) is 0 Å². The standard InChI is InChI=1S/C19H21N7O/c20-19(21)25-15-3-1-12(2-4-15)10-22-17-11-23-16-9-13(7-8-26(16)17)18(27)24-14-5-6-14/h1-4,7-9,11,14,22H,5-6,10H2,(H,24,27)(H4,20,21,25). The average Bonchev–Trinajstić information content (AvgIpc) is 3.38. The summed E-state index contributed by atoms with van der Waals surface area (Å²) >= 11 is 0. The summed E-state index contributed by atoms with van der Waals surface area (Å²) in [4.78, 5) is 20.6. The van der Waals surface area contributed by atoms with Crippen LogP contribution >= 0.6 is 0 Å². The second-order valence-electron chi connectivity index (χ2n) is 6.59. The molecule has 1 aliphatic carbocycles. The third-order valence-corrected chi connectivity index (χ3v) is 4.36. The Labute approximate surface area is 156 Å². The number of hydrogen-bond donors (Lipinski definition) is 4. The predicted octanol–water partition coefficient (Wildman–Crippen LogP) is 1.74. The smallest absolute Gasteiger partial charge is 0.251 e. The fourth-order valence-corrected chi connectivity index (χ4v) is 2.78. The number of rotatable bonds is 6. The number of guanidine groups is 1. The summed E-state index contributed by atoms with van der Waals surface area (Å²) in [5, 5.41) is 6.34. The number of carbonyl (C=O) groups is 1. The van der Waals surface area contributed by atoms with Crippen molar-refractivity contribution >= 4 is 29.0 Å². The van der Waals surface area contributed by atoms with Gasteiger partial charge in [0.2, 0.25) is 0 Å². The zero-order valence-electron chi connectivity index (χ0n) is 14.7. The molecule has 1 fully saturated rings. The number of amides is 1.